The molecular formula is C19H19ClFN5O. The molecule has 27 heavy (non-hydrogen) atoms. The highest BCUT2D eigenvalue weighted by Crippen LogP contribution is 2.38. The Morgan fingerprint density at radius 3 is 3.00 bits per heavy atom. The molecule has 1 aliphatic rings. The second-order valence-corrected chi connectivity index (χ2v) is 6.80. The van der Waals surface area contributed by atoms with Crippen LogP contribution in [0.25, 0.3) is 11.3 Å². The van der Waals surface area contributed by atoms with Gasteiger partial charge in [0.25, 0.3) is 0 Å². The maximum Gasteiger partial charge on any atom is 0.166 e. The molecule has 1 aromatic carbocycles. The maximum atomic E-state index is 14.1. The molecule has 0 saturated heterocycles. The normalized spacial score (nSPS) is 17.6. The topological polar surface area (TPSA) is 54.7 Å². The minimum absolute atomic E-state index is 0.0604. The number of aromatic nitrogens is 3. The average Bonchev–Trinajstić information content (AvgIpc) is 3.09. The van der Waals surface area contributed by atoms with E-state index in [1.165, 1.54) is 6.07 Å². The van der Waals surface area contributed by atoms with Crippen molar-refractivity contribution in [2.24, 2.45) is 0 Å². The summed E-state index contributed by atoms with van der Waals surface area (Å²) in [5.41, 5.74) is 2.81. The standard InChI is InChI=1S/C19H19ClFN5O/c1-11-13-10-23-26-8-6-16(24-19(13)26)25(3)12(2)17-15(27-9-7-22-11)5-4-14(21)18(17)20/h4-6,8,10,12,22H,1,7,9H2,2-3H3. The van der Waals surface area contributed by atoms with Gasteiger partial charge in [-0.25, -0.2) is 13.9 Å². The van der Waals surface area contributed by atoms with E-state index >= 15 is 0 Å². The molecule has 2 bridgehead atoms. The van der Waals surface area contributed by atoms with Gasteiger partial charge in [0.05, 0.1) is 22.8 Å². The van der Waals surface area contributed by atoms with Gasteiger partial charge in [0, 0.05) is 31.0 Å². The van der Waals surface area contributed by atoms with E-state index in [2.05, 4.69) is 17.0 Å². The Bertz CT molecular complexity index is 1030. The molecule has 0 fully saturated rings. The van der Waals surface area contributed by atoms with Crippen molar-refractivity contribution in [3.63, 3.8) is 0 Å². The summed E-state index contributed by atoms with van der Waals surface area (Å²) in [6, 6.07) is 4.52. The van der Waals surface area contributed by atoms with Gasteiger partial charge in [-0.15, -0.1) is 0 Å². The Balaban J connectivity index is 1.88. The molecule has 1 N–H and O–H groups in total. The third-order valence-electron chi connectivity index (χ3n) is 4.83. The maximum absolute atomic E-state index is 14.1. The highest BCUT2D eigenvalue weighted by Gasteiger charge is 2.24. The van der Waals surface area contributed by atoms with Crippen molar-refractivity contribution in [2.75, 3.05) is 25.1 Å². The summed E-state index contributed by atoms with van der Waals surface area (Å²) in [5, 5.41) is 7.60. The van der Waals surface area contributed by atoms with Crippen molar-refractivity contribution in [2.45, 2.75) is 13.0 Å². The first kappa shape index (κ1) is 17.6. The van der Waals surface area contributed by atoms with Crippen LogP contribution in [0.1, 0.15) is 24.1 Å². The molecule has 1 atom stereocenters. The summed E-state index contributed by atoms with van der Waals surface area (Å²) in [4.78, 5) is 6.66. The predicted octanol–water partition coefficient (Wildman–Crippen LogP) is 3.67. The van der Waals surface area contributed by atoms with Crippen LogP contribution < -0.4 is 15.0 Å². The van der Waals surface area contributed by atoms with E-state index in [9.17, 15) is 4.39 Å². The predicted molar refractivity (Wildman–Crippen MR) is 104 cm³/mol. The zero-order valence-corrected chi connectivity index (χ0v) is 15.8. The van der Waals surface area contributed by atoms with E-state index in [4.69, 9.17) is 21.3 Å². The number of hydrogen-bond acceptors (Lipinski definition) is 5. The van der Waals surface area contributed by atoms with E-state index in [1.807, 2.05) is 31.1 Å². The SMILES string of the molecule is C=C1NCCOc2ccc(F)c(Cl)c2C(C)N(C)c2ccn3ncc1c3n2. The van der Waals surface area contributed by atoms with Gasteiger partial charge in [-0.1, -0.05) is 18.2 Å². The zero-order valence-electron chi connectivity index (χ0n) is 15.0. The van der Waals surface area contributed by atoms with Gasteiger partial charge >= 0.3 is 0 Å². The fourth-order valence-corrected chi connectivity index (χ4v) is 3.50. The fraction of sp³-hybridized carbons (Fsp3) is 0.263. The molecule has 0 spiro atoms. The Labute approximate surface area is 161 Å². The van der Waals surface area contributed by atoms with E-state index < -0.39 is 5.82 Å². The largest absolute Gasteiger partial charge is 0.491 e. The number of hydrogen-bond donors (Lipinski definition) is 1. The molecule has 0 aliphatic carbocycles. The van der Waals surface area contributed by atoms with Crippen molar-refractivity contribution in [1.29, 1.82) is 0 Å². The van der Waals surface area contributed by atoms with Gasteiger partial charge in [0.2, 0.25) is 0 Å². The third-order valence-corrected chi connectivity index (χ3v) is 5.21. The van der Waals surface area contributed by atoms with Gasteiger partial charge in [-0.3, -0.25) is 0 Å². The summed E-state index contributed by atoms with van der Waals surface area (Å²) in [7, 11) is 1.89. The summed E-state index contributed by atoms with van der Waals surface area (Å²) >= 11 is 6.30. The second kappa shape index (κ2) is 6.74. The van der Waals surface area contributed by atoms with Crippen LogP contribution in [-0.2, 0) is 0 Å². The highest BCUT2D eigenvalue weighted by atomic mass is 35.5. The molecule has 0 radical (unpaired) electrons. The molecule has 1 aliphatic heterocycles. The molecule has 6 nitrogen and oxygen atoms in total. The third kappa shape index (κ3) is 2.98. The number of fused-ring (bicyclic) bond motifs is 2. The van der Waals surface area contributed by atoms with Gasteiger partial charge in [0.15, 0.2) is 5.65 Å². The second-order valence-electron chi connectivity index (χ2n) is 6.43. The number of ether oxygens (including phenoxy) is 1. The lowest BCUT2D eigenvalue weighted by Crippen LogP contribution is -2.24. The van der Waals surface area contributed by atoms with Crippen LogP contribution in [0.2, 0.25) is 5.02 Å². The monoisotopic (exact) mass is 387 g/mol. The van der Waals surface area contributed by atoms with E-state index in [1.54, 1.807) is 16.8 Å². The molecule has 2 aromatic heterocycles. The van der Waals surface area contributed by atoms with E-state index in [-0.39, 0.29) is 11.1 Å². The molecular weight excluding hydrogens is 369 g/mol. The zero-order chi connectivity index (χ0) is 19.1. The van der Waals surface area contributed by atoms with Gasteiger partial charge in [-0.05, 0) is 25.1 Å². The van der Waals surface area contributed by atoms with Crippen molar-refractivity contribution in [1.82, 2.24) is 19.9 Å². The number of anilines is 1. The van der Waals surface area contributed by atoms with E-state index in [0.717, 1.165) is 5.56 Å². The minimum Gasteiger partial charge on any atom is -0.491 e. The summed E-state index contributed by atoms with van der Waals surface area (Å²) in [6.07, 6.45) is 3.56. The van der Waals surface area contributed by atoms with Crippen LogP contribution >= 0.6 is 11.6 Å². The van der Waals surface area contributed by atoms with Crippen molar-refractivity contribution in [3.05, 3.63) is 59.1 Å². The number of benzene rings is 1. The number of nitrogens with zero attached hydrogens (tertiary/aromatic N) is 4. The quantitative estimate of drug-likeness (QED) is 0.637. The van der Waals surface area contributed by atoms with Gasteiger partial charge in [0.1, 0.15) is 24.0 Å². The minimum atomic E-state index is -0.475. The summed E-state index contributed by atoms with van der Waals surface area (Å²) in [5.74, 6) is 0.781. The molecule has 4 rings (SSSR count). The van der Waals surface area contributed by atoms with Crippen molar-refractivity contribution < 1.29 is 9.13 Å². The molecule has 3 aromatic rings. The van der Waals surface area contributed by atoms with Crippen LogP contribution in [0.4, 0.5) is 10.2 Å². The van der Waals surface area contributed by atoms with Crippen molar-refractivity contribution in [3.8, 4) is 5.75 Å². The van der Waals surface area contributed by atoms with Gasteiger partial charge < -0.3 is 15.0 Å². The summed E-state index contributed by atoms with van der Waals surface area (Å²) in [6.45, 7) is 6.91. The molecule has 0 amide bonds. The Kier molecular flexibility index (Phi) is 4.39. The molecule has 3 heterocycles. The molecule has 8 heteroatoms. The average molecular weight is 388 g/mol. The first-order valence-corrected chi connectivity index (χ1v) is 8.96. The number of nitrogens with one attached hydrogen (secondary N) is 1. The van der Waals surface area contributed by atoms with Crippen LogP contribution in [0, 0.1) is 5.82 Å². The lowest BCUT2D eigenvalue weighted by Gasteiger charge is -2.28. The molecule has 0 saturated carbocycles. The van der Waals surface area contributed by atoms with Crippen LogP contribution in [0.15, 0.2) is 37.2 Å². The highest BCUT2D eigenvalue weighted by molar-refractivity contribution is 6.31. The van der Waals surface area contributed by atoms with Crippen LogP contribution in [0.5, 0.6) is 5.75 Å². The lowest BCUT2D eigenvalue weighted by atomic mass is 10.1. The van der Waals surface area contributed by atoms with Crippen molar-refractivity contribution >= 4 is 28.8 Å². The smallest absolute Gasteiger partial charge is 0.166 e. The Morgan fingerprint density at radius 1 is 1.37 bits per heavy atom. The fourth-order valence-electron chi connectivity index (χ4n) is 3.18. The number of halogens is 2. The first-order valence-electron chi connectivity index (χ1n) is 8.58. The first-order chi connectivity index (χ1) is 13.0. The van der Waals surface area contributed by atoms with Crippen LogP contribution in [-0.4, -0.2) is 34.8 Å². The van der Waals surface area contributed by atoms with Crippen LogP contribution in [0.3, 0.4) is 0 Å². The van der Waals surface area contributed by atoms with E-state index in [0.29, 0.717) is 41.6 Å². The Hall–Kier alpha value is -2.80. The molecule has 140 valence electrons. The summed E-state index contributed by atoms with van der Waals surface area (Å²) < 4.78 is 21.7. The lowest BCUT2D eigenvalue weighted by molar-refractivity contribution is 0.316. The molecule has 1 unspecified atom stereocenters. The van der Waals surface area contributed by atoms with Gasteiger partial charge in [-0.2, -0.15) is 5.10 Å². The Morgan fingerprint density at radius 2 is 2.19 bits per heavy atom. The number of rotatable bonds is 0.